The summed E-state index contributed by atoms with van der Waals surface area (Å²) < 4.78 is 29.8. The highest BCUT2D eigenvalue weighted by atomic mass is 16.6. The Hall–Kier alpha value is -8.53. The first-order chi connectivity index (χ1) is 67.4. The van der Waals surface area contributed by atoms with Gasteiger partial charge in [-0.15, -0.1) is 0 Å². The highest BCUT2D eigenvalue weighted by molar-refractivity contribution is 5.72. The Kier molecular flexibility index (Phi) is 50.4. The molecule has 0 unspecified atom stereocenters. The molecule has 0 heterocycles. The molecular formula is C131H210O16. The Morgan fingerprint density at radius 3 is 0.531 bits per heavy atom. The third-order valence-electron chi connectivity index (χ3n) is 28.2. The molecule has 0 radical (unpaired) electrons. The highest BCUT2D eigenvalue weighted by Crippen LogP contribution is 2.48. The van der Waals surface area contributed by atoms with Gasteiger partial charge in [0.2, 0.25) is 0 Å². The van der Waals surface area contributed by atoms with Gasteiger partial charge in [-0.2, -0.15) is 0 Å². The number of hydrogen-bond donors (Lipinski definition) is 6. The predicted molar refractivity (Wildman–Crippen MR) is 613 cm³/mol. The van der Waals surface area contributed by atoms with Crippen LogP contribution in [0, 0.1) is 12.3 Å². The molecule has 16 nitrogen and oxygen atoms in total. The lowest BCUT2D eigenvalue weighted by Gasteiger charge is -2.31. The van der Waals surface area contributed by atoms with Crippen molar-refractivity contribution in [2.75, 3.05) is 33.0 Å². The van der Waals surface area contributed by atoms with Gasteiger partial charge in [0.15, 0.2) is 0 Å². The summed E-state index contributed by atoms with van der Waals surface area (Å²) in [6.07, 6.45) is 30.2. The van der Waals surface area contributed by atoms with Crippen LogP contribution in [0.25, 0.3) is 0 Å². The van der Waals surface area contributed by atoms with Gasteiger partial charge in [-0.1, -0.05) is 431 Å². The van der Waals surface area contributed by atoms with Crippen LogP contribution in [0.4, 0.5) is 0 Å². The van der Waals surface area contributed by atoms with Crippen LogP contribution in [0.15, 0.2) is 72.8 Å². The van der Waals surface area contributed by atoms with Crippen molar-refractivity contribution < 1.29 is 78.3 Å². The second kappa shape index (κ2) is 56.7. The van der Waals surface area contributed by atoms with E-state index in [4.69, 9.17) is 23.7 Å². The minimum absolute atomic E-state index is 0.0178. The van der Waals surface area contributed by atoms with E-state index in [1.165, 1.54) is 95.5 Å². The quantitative estimate of drug-likeness (QED) is 0.0118. The van der Waals surface area contributed by atoms with Crippen molar-refractivity contribution in [3.63, 3.8) is 0 Å². The number of ether oxygens (including phenoxy) is 5. The molecule has 0 aliphatic rings. The van der Waals surface area contributed by atoms with Crippen molar-refractivity contribution >= 4 is 29.8 Å². The molecule has 0 aliphatic carbocycles. The zero-order valence-electron chi connectivity index (χ0n) is 100. The Labute approximate surface area is 895 Å². The van der Waals surface area contributed by atoms with Gasteiger partial charge < -0.3 is 54.3 Å². The molecule has 0 amide bonds. The predicted octanol–water partition coefficient (Wildman–Crippen LogP) is 34.0. The van der Waals surface area contributed by atoms with Gasteiger partial charge in [0, 0.05) is 32.1 Å². The van der Waals surface area contributed by atoms with Crippen LogP contribution < -0.4 is 0 Å². The second-order valence-corrected chi connectivity index (χ2v) is 55.4. The zero-order valence-corrected chi connectivity index (χ0v) is 100. The normalized spacial score (nSPS) is 12.8. The minimum atomic E-state index is -1.47. The SMILES string of the molecule is CC(C)(C)c1cc(CCCCC(=O)OCC(COC(=O)CCCCc2cc(C(C)(C)C)c(O)c(C(C)(C)C)c2)(COC(=O)CCCCc2cc(C(C)(C)C)c(O)c(C(C)(C)C)c2)COC(=O)CCCCc2cc(C(C)(C)C)c(O)c(C(C)(C)C)c2)cc(C(C)(C)C)c1O.CCCCCCCCCCCCCCCCCCOC(=O)CCc1cc(C(C)(C)C)c(O)c(C(C)(C)C)c1.Cc1cc(C(C)(C)C)c(O)c(C(C)(C)C)c1. The van der Waals surface area contributed by atoms with Gasteiger partial charge in [-0.05, 0) is 256 Å². The van der Waals surface area contributed by atoms with Gasteiger partial charge in [-0.25, -0.2) is 0 Å². The molecule has 16 heteroatoms. The number of carbonyl (C=O) groups is 5. The van der Waals surface area contributed by atoms with E-state index in [0.29, 0.717) is 131 Å². The Morgan fingerprint density at radius 1 is 0.197 bits per heavy atom. The van der Waals surface area contributed by atoms with Gasteiger partial charge in [0.25, 0.3) is 0 Å². The molecule has 147 heavy (non-hydrogen) atoms. The molecule has 830 valence electrons. The molecule has 6 rings (SSSR count). The maximum absolute atomic E-state index is 13.9. The van der Waals surface area contributed by atoms with Crippen molar-refractivity contribution in [1.29, 1.82) is 0 Å². The fraction of sp³-hybridized carbons (Fsp3) is 0.687. The summed E-state index contributed by atoms with van der Waals surface area (Å²) in [6, 6.07) is 24.8. The molecule has 0 bridgehead atoms. The summed E-state index contributed by atoms with van der Waals surface area (Å²) in [5, 5.41) is 66.7. The largest absolute Gasteiger partial charge is 0.507 e. The lowest BCUT2D eigenvalue weighted by atomic mass is 9.78. The summed E-state index contributed by atoms with van der Waals surface area (Å²) >= 11 is 0. The maximum Gasteiger partial charge on any atom is 0.306 e. The fourth-order valence-electron chi connectivity index (χ4n) is 18.9. The summed E-state index contributed by atoms with van der Waals surface area (Å²) in [5.41, 5.74) is 13.4. The molecule has 0 aromatic heterocycles. The molecule has 0 spiro atoms. The van der Waals surface area contributed by atoms with Crippen LogP contribution in [0.3, 0.4) is 0 Å². The highest BCUT2D eigenvalue weighted by Gasteiger charge is 2.40. The number of phenolic OH excluding ortho intramolecular Hbond substituents is 6. The Bertz CT molecular complexity index is 4480. The van der Waals surface area contributed by atoms with E-state index in [1.807, 2.05) is 0 Å². The fourth-order valence-corrected chi connectivity index (χ4v) is 18.9. The molecule has 6 aromatic carbocycles. The maximum atomic E-state index is 13.9. The molecule has 0 atom stereocenters. The number of hydrogen-bond acceptors (Lipinski definition) is 16. The summed E-state index contributed by atoms with van der Waals surface area (Å²) in [7, 11) is 0. The number of benzene rings is 6. The molecule has 6 aromatic rings. The van der Waals surface area contributed by atoms with Crippen LogP contribution >= 0.6 is 0 Å². The van der Waals surface area contributed by atoms with Crippen LogP contribution in [0.1, 0.15) is 543 Å². The lowest BCUT2D eigenvalue weighted by molar-refractivity contribution is -0.171. The summed E-state index contributed by atoms with van der Waals surface area (Å²) in [6.45, 7) is 78.9. The molecular weight excluding hydrogens is 1830 g/mol. The van der Waals surface area contributed by atoms with Crippen LogP contribution in [-0.2, 0) is 145 Å². The third kappa shape index (κ3) is 45.5. The van der Waals surface area contributed by atoms with E-state index >= 15 is 0 Å². The number of esters is 5. The van der Waals surface area contributed by atoms with Gasteiger partial charge in [0.1, 0.15) is 66.3 Å². The average molecular weight is 2040 g/mol. The van der Waals surface area contributed by atoms with Crippen molar-refractivity contribution in [3.05, 3.63) is 173 Å². The number of aromatic hydroxyl groups is 6. The summed E-state index contributed by atoms with van der Waals surface area (Å²) in [5.74, 6) is -0.0306. The first kappa shape index (κ1) is 131. The molecule has 6 N–H and O–H groups in total. The number of rotatable bonds is 48. The minimum Gasteiger partial charge on any atom is -0.507 e. The van der Waals surface area contributed by atoms with Crippen LogP contribution in [0.2, 0.25) is 0 Å². The lowest BCUT2D eigenvalue weighted by Crippen LogP contribution is -2.44. The first-order valence-corrected chi connectivity index (χ1v) is 56.4. The number of carbonyl (C=O) groups excluding carboxylic acids is 5. The topological polar surface area (TPSA) is 253 Å². The standard InChI is InChI=1S/C81H124O12.C35H62O3.C15H24O/c1-73(2,3)57-41-53(42-58(69(57)86)74(4,5)6)33-25-29-37-65(82)90-49-81(50-91-66(83)38-30-26-34-54-43-59(75(7,8)9)70(87)60(44-54)76(10,11)12,51-92-67(84)39-31-27-35-55-45-61(77(13,14)15)71(88)62(46-55)78(16,17)18)52-93-68(85)40-32-28-36-56-47-63(79(19,20)21)72(89)64(48-56)80(22,23)24;1-8-9-10-11-12-13-14-15-16-17-18-19-20-21-22-23-26-38-32(36)25-24-29-27-30(34(2,3)4)33(37)31(28-29)35(5,6)7;1-10-8-11(14(2,3)4)13(16)12(9-10)15(5,6)7/h41-48,86-89H,25-40,49-52H2,1-24H3;27-28,37H,8-26H2,1-7H3;8-9,16H,1-7H3. The molecule has 0 aliphatic heterocycles. The first-order valence-electron chi connectivity index (χ1n) is 56.4. The summed E-state index contributed by atoms with van der Waals surface area (Å²) in [4.78, 5) is 67.9. The van der Waals surface area contributed by atoms with Crippen molar-refractivity contribution in [3.8, 4) is 34.5 Å². The number of phenols is 6. The van der Waals surface area contributed by atoms with E-state index in [-0.39, 0.29) is 123 Å². The van der Waals surface area contributed by atoms with Crippen LogP contribution in [-0.4, -0.2) is 93.5 Å². The van der Waals surface area contributed by atoms with Crippen molar-refractivity contribution in [1.82, 2.24) is 0 Å². The molecule has 0 saturated carbocycles. The van der Waals surface area contributed by atoms with Crippen molar-refractivity contribution in [2.24, 2.45) is 5.41 Å². The molecule has 0 fully saturated rings. The Morgan fingerprint density at radius 2 is 0.354 bits per heavy atom. The van der Waals surface area contributed by atoms with E-state index in [2.05, 4.69) is 336 Å². The van der Waals surface area contributed by atoms with Gasteiger partial charge >= 0.3 is 29.8 Å². The smallest absolute Gasteiger partial charge is 0.306 e. The van der Waals surface area contributed by atoms with E-state index in [1.54, 1.807) is 0 Å². The average Bonchev–Trinajstić information content (AvgIpc) is 0.799. The van der Waals surface area contributed by atoms with E-state index in [0.717, 1.165) is 107 Å². The Balaban J connectivity index is 0.000000675. The van der Waals surface area contributed by atoms with E-state index in [9.17, 15) is 54.6 Å². The van der Waals surface area contributed by atoms with Gasteiger partial charge in [-0.3, -0.25) is 24.0 Å². The third-order valence-corrected chi connectivity index (χ3v) is 28.2. The van der Waals surface area contributed by atoms with Gasteiger partial charge in [0.05, 0.1) is 6.61 Å². The number of unbranched alkanes of at least 4 members (excludes halogenated alkanes) is 19. The zero-order chi connectivity index (χ0) is 112. The van der Waals surface area contributed by atoms with Crippen LogP contribution in [0.5, 0.6) is 34.5 Å². The molecule has 0 saturated heterocycles. The number of aryl methyl sites for hydroxylation is 6. The monoisotopic (exact) mass is 2040 g/mol. The van der Waals surface area contributed by atoms with E-state index < -0.39 is 29.3 Å². The second-order valence-electron chi connectivity index (χ2n) is 55.4. The van der Waals surface area contributed by atoms with Crippen molar-refractivity contribution in [2.45, 2.75) is 546 Å².